The molecule has 2 aliphatic rings. The van der Waals surface area contributed by atoms with Crippen LogP contribution in [0.15, 0.2) is 97.2 Å². The van der Waals surface area contributed by atoms with Crippen molar-refractivity contribution in [1.82, 2.24) is 19.1 Å². The quantitative estimate of drug-likeness (QED) is 0.0725. The van der Waals surface area contributed by atoms with Crippen molar-refractivity contribution >= 4 is 93.5 Å². The van der Waals surface area contributed by atoms with Gasteiger partial charge >= 0.3 is 12.1 Å². The number of ketones is 1. The Morgan fingerprint density at radius 2 is 1.17 bits per heavy atom. The summed E-state index contributed by atoms with van der Waals surface area (Å²) in [4.78, 5) is 66.7. The summed E-state index contributed by atoms with van der Waals surface area (Å²) in [5.74, 6) is -6.19. The number of aliphatic imine (C=N–C) groups is 2. The number of nitrogens with zero attached hydrogens (tertiary/aromatic N) is 11. The number of anilines is 2. The highest BCUT2D eigenvalue weighted by Crippen LogP contribution is 2.44. The number of azo groups is 2. The van der Waals surface area contributed by atoms with Gasteiger partial charge in [-0.2, -0.15) is 9.98 Å². The summed E-state index contributed by atoms with van der Waals surface area (Å²) in [6.45, 7) is 0. The van der Waals surface area contributed by atoms with Crippen molar-refractivity contribution < 1.29 is 29.5 Å². The van der Waals surface area contributed by atoms with E-state index in [1.807, 2.05) is 0 Å². The predicted molar refractivity (Wildman–Crippen MR) is 188 cm³/mol. The molecule has 23 heteroatoms. The van der Waals surface area contributed by atoms with Crippen LogP contribution in [-0.2, 0) is 0 Å². The number of fused-ring (bicyclic) bond motifs is 2. The maximum Gasteiger partial charge on any atom is 0.348 e. The fourth-order valence-corrected chi connectivity index (χ4v) is 5.61. The van der Waals surface area contributed by atoms with Crippen LogP contribution in [0.5, 0.6) is 11.8 Å². The summed E-state index contributed by atoms with van der Waals surface area (Å²) in [7, 11) is 0. The lowest BCUT2D eigenvalue weighted by Gasteiger charge is -2.14. The number of hydrogen-bond acceptors (Lipinski definition) is 11. The van der Waals surface area contributed by atoms with Crippen molar-refractivity contribution in [1.29, 1.82) is 0 Å². The number of hydrogen-bond donors (Lipinski definition) is 4. The molecule has 0 bridgehead atoms. The molecular weight excluding hydrogens is 761 g/mol. The topological polar surface area (TPSA) is 269 Å². The Hall–Kier alpha value is -6.90. The standard InChI is InChI=1S/C30H16Cl3N13O7/c31-12-4-8-14(9-5-12)34-29(50)38-27-42-40-25-36-20(23(48)44(25)27)18(22(47)16-2-1-3-17(19(16)33)46(52)53)21-24(49)45-26(37-21)41-43-28(45)39-30(51)35-15-10-6-13(32)7-11-15/h1-11,18,48-49H,(H,34,50)(H,35,51). The number of urea groups is 2. The predicted octanol–water partition coefficient (Wildman–Crippen LogP) is 7.44. The molecule has 0 saturated heterocycles. The first-order valence-electron chi connectivity index (χ1n) is 14.6. The summed E-state index contributed by atoms with van der Waals surface area (Å²) in [5.41, 5.74) is -1.39. The van der Waals surface area contributed by atoms with Crippen LogP contribution in [0.1, 0.15) is 27.7 Å². The monoisotopic (exact) mass is 775 g/mol. The average Bonchev–Trinajstić information content (AvgIpc) is 3.87. The molecule has 0 spiro atoms. The molecule has 0 saturated carbocycles. The third-order valence-corrected chi connectivity index (χ3v) is 8.33. The number of aromatic nitrogens is 4. The van der Waals surface area contributed by atoms with Gasteiger partial charge in [0.05, 0.1) is 4.92 Å². The molecular formula is C30H16Cl3N13O7. The van der Waals surface area contributed by atoms with Crippen LogP contribution in [0.3, 0.4) is 0 Å². The third-order valence-electron chi connectivity index (χ3n) is 7.42. The van der Waals surface area contributed by atoms with Crippen molar-refractivity contribution in [2.75, 3.05) is 10.6 Å². The van der Waals surface area contributed by atoms with Gasteiger partial charge in [0, 0.05) is 33.0 Å². The number of carbonyl (C=O) groups is 3. The highest BCUT2D eigenvalue weighted by molar-refractivity contribution is 6.36. The number of rotatable bonds is 7. The Labute approximate surface area is 309 Å². The number of halogens is 3. The van der Waals surface area contributed by atoms with Gasteiger partial charge in [-0.25, -0.2) is 28.7 Å². The van der Waals surface area contributed by atoms with Gasteiger partial charge in [0.25, 0.3) is 29.5 Å². The molecule has 4 amide bonds. The van der Waals surface area contributed by atoms with E-state index >= 15 is 0 Å². The number of nitro groups is 1. The zero-order valence-electron chi connectivity index (χ0n) is 25.9. The van der Waals surface area contributed by atoms with Crippen LogP contribution in [0.25, 0.3) is 0 Å². The molecule has 264 valence electrons. The van der Waals surface area contributed by atoms with E-state index in [1.54, 1.807) is 0 Å². The number of nitrogens with one attached hydrogen (secondary N) is 2. The molecule has 4 heterocycles. The summed E-state index contributed by atoms with van der Waals surface area (Å²) in [5, 5.41) is 55.1. The Morgan fingerprint density at radius 1 is 0.717 bits per heavy atom. The van der Waals surface area contributed by atoms with Gasteiger partial charge in [-0.05, 0) is 54.6 Å². The Bertz CT molecular complexity index is 2370. The van der Waals surface area contributed by atoms with Crippen LogP contribution in [0.2, 0.25) is 15.1 Å². The van der Waals surface area contributed by atoms with Crippen LogP contribution in [0, 0.1) is 10.1 Å². The lowest BCUT2D eigenvalue weighted by atomic mass is 9.91. The fraction of sp³-hybridized carbons (Fsp3) is 0.0333. The number of benzene rings is 3. The molecule has 4 N–H and O–H groups in total. The maximum atomic E-state index is 14.3. The Kier molecular flexibility index (Phi) is 8.91. The van der Waals surface area contributed by atoms with E-state index < -0.39 is 80.0 Å². The number of carbonyl (C=O) groups excluding carboxylic acids is 3. The zero-order valence-corrected chi connectivity index (χ0v) is 28.2. The van der Waals surface area contributed by atoms with Crippen LogP contribution < -0.4 is 10.6 Å². The zero-order chi connectivity index (χ0) is 37.6. The number of nitro benzene ring substituents is 1. The van der Waals surface area contributed by atoms with Gasteiger partial charge in [-0.1, -0.05) is 40.9 Å². The first kappa shape index (κ1) is 34.5. The molecule has 7 rings (SSSR count). The molecule has 0 atom stereocenters. The summed E-state index contributed by atoms with van der Waals surface area (Å²) in [6.07, 6.45) is 0. The molecule has 0 unspecified atom stereocenters. The molecule has 2 aliphatic heterocycles. The van der Waals surface area contributed by atoms with E-state index in [0.717, 1.165) is 15.2 Å². The van der Waals surface area contributed by atoms with E-state index in [2.05, 4.69) is 51.0 Å². The lowest BCUT2D eigenvalue weighted by Crippen LogP contribution is -2.18. The van der Waals surface area contributed by atoms with Crippen molar-refractivity contribution in [2.24, 2.45) is 30.4 Å². The minimum atomic E-state index is -1.88. The molecule has 0 aliphatic carbocycles. The average molecular weight is 777 g/mol. The molecule has 0 fully saturated rings. The SMILES string of the molecule is O=C(N=C1N=Nc2nc(C(C(=O)c3cccc([N+](=O)[O-])c3Cl)c3nc4n(c3O)C(=NC(=O)Nc3ccc(Cl)cc3)N=N4)c(O)n21)Nc1ccc(Cl)cc1. The number of aromatic hydroxyl groups is 2. The molecule has 20 nitrogen and oxygen atoms in total. The maximum absolute atomic E-state index is 14.3. The largest absolute Gasteiger partial charge is 0.493 e. The van der Waals surface area contributed by atoms with E-state index in [0.29, 0.717) is 21.4 Å². The van der Waals surface area contributed by atoms with Gasteiger partial charge in [0.2, 0.25) is 11.8 Å². The highest BCUT2D eigenvalue weighted by Gasteiger charge is 2.41. The second-order valence-electron chi connectivity index (χ2n) is 10.7. The lowest BCUT2D eigenvalue weighted by molar-refractivity contribution is -0.384. The van der Waals surface area contributed by atoms with Crippen LogP contribution in [-0.4, -0.2) is 64.0 Å². The van der Waals surface area contributed by atoms with Gasteiger partial charge in [0.15, 0.2) is 5.78 Å². The second-order valence-corrected chi connectivity index (χ2v) is 12.0. The van der Waals surface area contributed by atoms with E-state index in [-0.39, 0.29) is 11.9 Å². The Balaban J connectivity index is 1.29. The third kappa shape index (κ3) is 6.55. The summed E-state index contributed by atoms with van der Waals surface area (Å²) in [6, 6.07) is 13.8. The number of Topliss-reactive ketones (excluding diaryl/α,β-unsaturated/α-hetero) is 1. The van der Waals surface area contributed by atoms with Crippen LogP contribution in [0.4, 0.5) is 38.5 Å². The minimum Gasteiger partial charge on any atom is -0.493 e. The minimum absolute atomic E-state index is 0.333. The van der Waals surface area contributed by atoms with E-state index in [4.69, 9.17) is 34.8 Å². The van der Waals surface area contributed by atoms with Crippen LogP contribution >= 0.6 is 34.8 Å². The second kappa shape index (κ2) is 13.7. The van der Waals surface area contributed by atoms with Crippen molar-refractivity contribution in [3.63, 3.8) is 0 Å². The summed E-state index contributed by atoms with van der Waals surface area (Å²) >= 11 is 18.1. The van der Waals surface area contributed by atoms with Gasteiger partial charge in [0.1, 0.15) is 22.3 Å². The summed E-state index contributed by atoms with van der Waals surface area (Å²) < 4.78 is 1.67. The first-order chi connectivity index (χ1) is 25.4. The van der Waals surface area contributed by atoms with Crippen molar-refractivity contribution in [3.8, 4) is 11.8 Å². The van der Waals surface area contributed by atoms with E-state index in [1.165, 1.54) is 60.7 Å². The number of imidazole rings is 2. The van der Waals surface area contributed by atoms with Gasteiger partial charge < -0.3 is 20.8 Å². The first-order valence-corrected chi connectivity index (χ1v) is 15.8. The van der Waals surface area contributed by atoms with Gasteiger partial charge in [-0.15, -0.1) is 20.5 Å². The molecule has 5 aromatic rings. The fourth-order valence-electron chi connectivity index (χ4n) is 5.07. The molecule has 3 aromatic carbocycles. The van der Waals surface area contributed by atoms with Crippen molar-refractivity contribution in [3.05, 3.63) is 109 Å². The molecule has 0 radical (unpaired) electrons. The smallest absolute Gasteiger partial charge is 0.348 e. The molecule has 53 heavy (non-hydrogen) atoms. The number of amides is 4. The van der Waals surface area contributed by atoms with E-state index in [9.17, 15) is 34.7 Å². The van der Waals surface area contributed by atoms with Gasteiger partial charge in [-0.3, -0.25) is 14.9 Å². The Morgan fingerprint density at radius 3 is 1.60 bits per heavy atom. The normalized spacial score (nSPS) is 14.7. The molecule has 2 aromatic heterocycles. The highest BCUT2D eigenvalue weighted by atomic mass is 35.5. The van der Waals surface area contributed by atoms with Crippen molar-refractivity contribution in [2.45, 2.75) is 5.92 Å².